The molecule has 0 saturated carbocycles. The van der Waals surface area contributed by atoms with Crippen LogP contribution in [0, 0.1) is 6.92 Å². The number of pyridine rings is 1. The zero-order chi connectivity index (χ0) is 14.1. The summed E-state index contributed by atoms with van der Waals surface area (Å²) in [6.45, 7) is 4.19. The number of hydrogen-bond donors (Lipinski definition) is 1. The van der Waals surface area contributed by atoms with Gasteiger partial charge in [0.15, 0.2) is 11.0 Å². The second kappa shape index (κ2) is 5.50. The first-order chi connectivity index (χ1) is 9.63. The maximum Gasteiger partial charge on any atom is 0.178 e. The highest BCUT2D eigenvalue weighted by Gasteiger charge is 2.19. The fourth-order valence-corrected chi connectivity index (χ4v) is 2.88. The van der Waals surface area contributed by atoms with Crippen molar-refractivity contribution in [1.29, 1.82) is 0 Å². The zero-order valence-corrected chi connectivity index (χ0v) is 12.5. The normalized spacial score (nSPS) is 20.2. The Bertz CT molecular complexity index is 630. The number of anilines is 1. The van der Waals surface area contributed by atoms with Crippen LogP contribution in [0.25, 0.3) is 10.9 Å². The molecule has 106 valence electrons. The smallest absolute Gasteiger partial charge is 0.178 e. The Balaban J connectivity index is 1.95. The lowest BCUT2D eigenvalue weighted by molar-refractivity contribution is 0.261. The second-order valence-corrected chi connectivity index (χ2v) is 5.85. The van der Waals surface area contributed by atoms with Crippen molar-refractivity contribution >= 4 is 28.3 Å². The van der Waals surface area contributed by atoms with Gasteiger partial charge in [-0.3, -0.25) is 4.98 Å². The fraction of sp³-hybridized carbons (Fsp3) is 0.500. The number of piperidine rings is 1. The van der Waals surface area contributed by atoms with Gasteiger partial charge in [0.05, 0.1) is 0 Å². The van der Waals surface area contributed by atoms with Crippen LogP contribution in [-0.4, -0.2) is 46.3 Å². The molecule has 0 amide bonds. The van der Waals surface area contributed by atoms with E-state index in [2.05, 4.69) is 38.5 Å². The molecule has 20 heavy (non-hydrogen) atoms. The topological polar surface area (TPSA) is 53.9 Å². The number of nitrogens with one attached hydrogen (secondary N) is 1. The van der Waals surface area contributed by atoms with Crippen LogP contribution in [0.15, 0.2) is 12.3 Å². The van der Waals surface area contributed by atoms with Crippen molar-refractivity contribution in [2.24, 2.45) is 0 Å². The van der Waals surface area contributed by atoms with Crippen LogP contribution in [0.5, 0.6) is 0 Å². The molecule has 2 aromatic heterocycles. The van der Waals surface area contributed by atoms with Gasteiger partial charge in [0.2, 0.25) is 0 Å². The molecular weight excluding hydrogens is 274 g/mol. The Morgan fingerprint density at radius 3 is 3.05 bits per heavy atom. The molecule has 1 fully saturated rings. The van der Waals surface area contributed by atoms with Crippen molar-refractivity contribution in [2.75, 3.05) is 25.5 Å². The summed E-state index contributed by atoms with van der Waals surface area (Å²) in [4.78, 5) is 6.69. The van der Waals surface area contributed by atoms with E-state index in [4.69, 9.17) is 11.6 Å². The number of halogens is 1. The SMILES string of the molecule is Cc1cnc2c(Cl)nnc(NC3CCCN(C)C3)c2c1. The molecule has 0 spiro atoms. The molecule has 0 bridgehead atoms. The first kappa shape index (κ1) is 13.5. The Morgan fingerprint density at radius 1 is 1.40 bits per heavy atom. The molecule has 1 N–H and O–H groups in total. The predicted octanol–water partition coefficient (Wildman–Crippen LogP) is 2.49. The van der Waals surface area contributed by atoms with Crippen LogP contribution in [0.4, 0.5) is 5.82 Å². The van der Waals surface area contributed by atoms with E-state index in [-0.39, 0.29) is 0 Å². The zero-order valence-electron chi connectivity index (χ0n) is 11.7. The largest absolute Gasteiger partial charge is 0.364 e. The summed E-state index contributed by atoms with van der Waals surface area (Å²) in [6.07, 6.45) is 4.15. The van der Waals surface area contributed by atoms with E-state index in [9.17, 15) is 0 Å². The van der Waals surface area contributed by atoms with Crippen LogP contribution < -0.4 is 5.32 Å². The van der Waals surface area contributed by atoms with E-state index in [1.807, 2.05) is 6.92 Å². The summed E-state index contributed by atoms with van der Waals surface area (Å²) >= 11 is 6.08. The van der Waals surface area contributed by atoms with Crippen molar-refractivity contribution < 1.29 is 0 Å². The molecule has 1 aliphatic rings. The molecule has 0 aliphatic carbocycles. The summed E-state index contributed by atoms with van der Waals surface area (Å²) in [5.74, 6) is 0.779. The summed E-state index contributed by atoms with van der Waals surface area (Å²) in [5, 5.41) is 13.0. The van der Waals surface area contributed by atoms with Crippen LogP contribution in [-0.2, 0) is 0 Å². The highest BCUT2D eigenvalue weighted by atomic mass is 35.5. The second-order valence-electron chi connectivity index (χ2n) is 5.49. The van der Waals surface area contributed by atoms with Crippen molar-refractivity contribution in [3.63, 3.8) is 0 Å². The average Bonchev–Trinajstić information content (AvgIpc) is 2.42. The molecule has 2 aromatic rings. The lowest BCUT2D eigenvalue weighted by Gasteiger charge is -2.30. The Morgan fingerprint density at radius 2 is 2.25 bits per heavy atom. The van der Waals surface area contributed by atoms with Gasteiger partial charge < -0.3 is 10.2 Å². The molecule has 5 nitrogen and oxygen atoms in total. The van der Waals surface area contributed by atoms with E-state index in [1.165, 1.54) is 6.42 Å². The van der Waals surface area contributed by atoms with Crippen molar-refractivity contribution in [1.82, 2.24) is 20.1 Å². The number of aromatic nitrogens is 3. The number of fused-ring (bicyclic) bond motifs is 1. The lowest BCUT2D eigenvalue weighted by atomic mass is 10.1. The van der Waals surface area contributed by atoms with Gasteiger partial charge in [0, 0.05) is 24.2 Å². The van der Waals surface area contributed by atoms with E-state index in [0.29, 0.717) is 16.7 Å². The van der Waals surface area contributed by atoms with Gasteiger partial charge in [-0.15, -0.1) is 10.2 Å². The lowest BCUT2D eigenvalue weighted by Crippen LogP contribution is -2.40. The van der Waals surface area contributed by atoms with Gasteiger partial charge in [0.1, 0.15) is 5.52 Å². The van der Waals surface area contributed by atoms with Crippen molar-refractivity contribution in [2.45, 2.75) is 25.8 Å². The third-order valence-electron chi connectivity index (χ3n) is 3.68. The number of rotatable bonds is 2. The van der Waals surface area contributed by atoms with Crippen LogP contribution in [0.2, 0.25) is 5.15 Å². The molecular formula is C14H18ClN5. The van der Waals surface area contributed by atoms with E-state index in [1.54, 1.807) is 6.20 Å². The molecule has 1 aliphatic heterocycles. The highest BCUT2D eigenvalue weighted by Crippen LogP contribution is 2.26. The molecule has 3 rings (SSSR count). The number of hydrogen-bond acceptors (Lipinski definition) is 5. The molecule has 3 heterocycles. The van der Waals surface area contributed by atoms with E-state index < -0.39 is 0 Å². The van der Waals surface area contributed by atoms with Crippen LogP contribution in [0.1, 0.15) is 18.4 Å². The van der Waals surface area contributed by atoms with Gasteiger partial charge in [-0.25, -0.2) is 0 Å². The summed E-state index contributed by atoms with van der Waals surface area (Å²) in [6, 6.07) is 2.45. The van der Waals surface area contributed by atoms with Crippen molar-refractivity contribution in [3.05, 3.63) is 23.0 Å². The fourth-order valence-electron chi connectivity index (χ4n) is 2.69. The number of nitrogens with zero attached hydrogens (tertiary/aromatic N) is 4. The van der Waals surface area contributed by atoms with Crippen LogP contribution in [0.3, 0.4) is 0 Å². The molecule has 0 aromatic carbocycles. The molecule has 6 heteroatoms. The minimum atomic E-state index is 0.353. The van der Waals surface area contributed by atoms with Gasteiger partial charge in [-0.05, 0) is 45.0 Å². The maximum atomic E-state index is 6.08. The third-order valence-corrected chi connectivity index (χ3v) is 3.93. The van der Waals surface area contributed by atoms with Gasteiger partial charge >= 0.3 is 0 Å². The third kappa shape index (κ3) is 2.69. The molecule has 1 atom stereocenters. The standard InChI is InChI=1S/C14H18ClN5/c1-9-6-11-12(16-7-9)13(15)18-19-14(11)17-10-4-3-5-20(2)8-10/h6-7,10H,3-5,8H2,1-2H3,(H,17,19). The van der Waals surface area contributed by atoms with Crippen molar-refractivity contribution in [3.8, 4) is 0 Å². The number of likely N-dealkylation sites (N-methyl/N-ethyl adjacent to an activating group) is 1. The van der Waals surface area contributed by atoms with Crippen LogP contribution >= 0.6 is 11.6 Å². The highest BCUT2D eigenvalue weighted by molar-refractivity contribution is 6.34. The molecule has 0 radical (unpaired) electrons. The number of aryl methyl sites for hydroxylation is 1. The van der Waals surface area contributed by atoms with Gasteiger partial charge in [0.25, 0.3) is 0 Å². The molecule has 1 saturated heterocycles. The van der Waals surface area contributed by atoms with E-state index >= 15 is 0 Å². The Labute approximate surface area is 123 Å². The quantitative estimate of drug-likeness (QED) is 0.921. The first-order valence-corrected chi connectivity index (χ1v) is 7.25. The Hall–Kier alpha value is -1.46. The minimum absolute atomic E-state index is 0.353. The maximum absolute atomic E-state index is 6.08. The van der Waals surface area contributed by atoms with E-state index in [0.717, 1.165) is 36.3 Å². The van der Waals surface area contributed by atoms with Gasteiger partial charge in [-0.1, -0.05) is 11.6 Å². The Kier molecular flexibility index (Phi) is 3.72. The number of likely N-dealkylation sites (tertiary alicyclic amines) is 1. The summed E-state index contributed by atoms with van der Waals surface area (Å²) in [5.41, 5.74) is 1.80. The minimum Gasteiger partial charge on any atom is -0.364 e. The predicted molar refractivity (Wildman–Crippen MR) is 81.2 cm³/mol. The average molecular weight is 292 g/mol. The monoisotopic (exact) mass is 291 g/mol. The summed E-state index contributed by atoms with van der Waals surface area (Å²) in [7, 11) is 2.14. The van der Waals surface area contributed by atoms with Gasteiger partial charge in [-0.2, -0.15) is 0 Å². The summed E-state index contributed by atoms with van der Waals surface area (Å²) < 4.78 is 0. The molecule has 1 unspecified atom stereocenters. The first-order valence-electron chi connectivity index (χ1n) is 6.87.